The average Bonchev–Trinajstić information content (AvgIpc) is 2.80. The number of sulfonamides is 1. The molecule has 0 aliphatic carbocycles. The molecule has 0 heterocycles. The van der Waals surface area contributed by atoms with E-state index in [-0.39, 0.29) is 16.6 Å². The van der Waals surface area contributed by atoms with Crippen LogP contribution in [0.15, 0.2) is 77.7 Å². The number of rotatable bonds is 9. The van der Waals surface area contributed by atoms with E-state index in [1.165, 1.54) is 12.1 Å². The van der Waals surface area contributed by atoms with Gasteiger partial charge in [-0.2, -0.15) is 0 Å². The Labute approximate surface area is 204 Å². The first kappa shape index (κ1) is 25.0. The summed E-state index contributed by atoms with van der Waals surface area (Å²) in [5.41, 5.74) is 2.03. The number of ether oxygens (including phenoxy) is 2. The van der Waals surface area contributed by atoms with Gasteiger partial charge in [-0.05, 0) is 86.7 Å². The topological polar surface area (TPSA) is 106 Å². The van der Waals surface area contributed by atoms with Crippen LogP contribution in [0.2, 0.25) is 0 Å². The second kappa shape index (κ2) is 11.5. The van der Waals surface area contributed by atoms with E-state index in [1.54, 1.807) is 48.5 Å². The van der Waals surface area contributed by atoms with Crippen LogP contribution in [0.25, 0.3) is 0 Å². The normalized spacial score (nSPS) is 10.8. The Balaban J connectivity index is 1.51. The molecular formula is C24H25N3O5S2. The Morgan fingerprint density at radius 3 is 2.03 bits per heavy atom. The number of nitrogens with one attached hydrogen (secondary N) is 3. The van der Waals surface area contributed by atoms with Crippen LogP contribution in [0.4, 0.5) is 11.4 Å². The van der Waals surface area contributed by atoms with Crippen molar-refractivity contribution in [2.75, 3.05) is 23.3 Å². The number of hydrogen-bond acceptors (Lipinski definition) is 6. The Hall–Kier alpha value is -3.63. The molecule has 34 heavy (non-hydrogen) atoms. The van der Waals surface area contributed by atoms with E-state index in [0.29, 0.717) is 29.5 Å². The molecule has 1 amide bonds. The first-order valence-corrected chi connectivity index (χ1v) is 12.3. The number of anilines is 2. The van der Waals surface area contributed by atoms with Crippen LogP contribution in [0.3, 0.4) is 0 Å². The van der Waals surface area contributed by atoms with Crippen LogP contribution in [-0.2, 0) is 14.8 Å². The van der Waals surface area contributed by atoms with Crippen LogP contribution >= 0.6 is 12.2 Å². The van der Waals surface area contributed by atoms with Crippen molar-refractivity contribution in [1.29, 1.82) is 0 Å². The molecule has 0 aromatic heterocycles. The third kappa shape index (κ3) is 7.46. The molecular weight excluding hydrogens is 474 g/mol. The van der Waals surface area contributed by atoms with E-state index in [0.717, 1.165) is 5.56 Å². The van der Waals surface area contributed by atoms with Gasteiger partial charge < -0.3 is 14.8 Å². The first-order valence-electron chi connectivity index (χ1n) is 10.4. The summed E-state index contributed by atoms with van der Waals surface area (Å²) in [7, 11) is -3.78. The highest BCUT2D eigenvalue weighted by Crippen LogP contribution is 2.21. The van der Waals surface area contributed by atoms with Gasteiger partial charge in [0.15, 0.2) is 11.7 Å². The van der Waals surface area contributed by atoms with Gasteiger partial charge in [-0.3, -0.25) is 14.8 Å². The second-order valence-electron chi connectivity index (χ2n) is 7.19. The van der Waals surface area contributed by atoms with E-state index in [9.17, 15) is 13.2 Å². The Bertz CT molecular complexity index is 1230. The van der Waals surface area contributed by atoms with Gasteiger partial charge in [-0.1, -0.05) is 17.7 Å². The zero-order chi connectivity index (χ0) is 24.6. The summed E-state index contributed by atoms with van der Waals surface area (Å²) < 4.78 is 38.6. The molecule has 8 nitrogen and oxygen atoms in total. The Kier molecular flexibility index (Phi) is 8.44. The lowest BCUT2D eigenvalue weighted by molar-refractivity contribution is -0.121. The molecule has 0 aliphatic rings. The number of aryl methyl sites for hydroxylation is 1. The molecule has 0 aliphatic heterocycles. The largest absolute Gasteiger partial charge is 0.494 e. The fourth-order valence-corrected chi connectivity index (χ4v) is 4.12. The Morgan fingerprint density at radius 2 is 1.41 bits per heavy atom. The fraction of sp³-hybridized carbons (Fsp3) is 0.167. The van der Waals surface area contributed by atoms with Crippen molar-refractivity contribution in [2.45, 2.75) is 18.7 Å². The molecule has 0 saturated carbocycles. The second-order valence-corrected chi connectivity index (χ2v) is 9.28. The highest BCUT2D eigenvalue weighted by molar-refractivity contribution is 7.92. The molecule has 0 atom stereocenters. The van der Waals surface area contributed by atoms with Gasteiger partial charge >= 0.3 is 0 Å². The summed E-state index contributed by atoms with van der Waals surface area (Å²) in [6.45, 7) is 4.16. The molecule has 3 aromatic rings. The summed E-state index contributed by atoms with van der Waals surface area (Å²) in [4.78, 5) is 12.1. The molecule has 0 radical (unpaired) electrons. The predicted molar refractivity (Wildman–Crippen MR) is 136 cm³/mol. The molecule has 3 aromatic carbocycles. The monoisotopic (exact) mass is 499 g/mol. The van der Waals surface area contributed by atoms with Crippen LogP contribution in [0, 0.1) is 6.92 Å². The molecule has 0 fully saturated rings. The number of carbonyl (C=O) groups is 1. The minimum absolute atomic E-state index is 0.0700. The number of carbonyl (C=O) groups excluding carboxylic acids is 1. The van der Waals surface area contributed by atoms with Crippen molar-refractivity contribution in [2.24, 2.45) is 0 Å². The minimum Gasteiger partial charge on any atom is -0.494 e. The van der Waals surface area contributed by atoms with Crippen LogP contribution < -0.4 is 24.8 Å². The highest BCUT2D eigenvalue weighted by atomic mass is 32.2. The van der Waals surface area contributed by atoms with Crippen molar-refractivity contribution in [3.8, 4) is 11.5 Å². The third-order valence-electron chi connectivity index (χ3n) is 4.48. The van der Waals surface area contributed by atoms with Gasteiger partial charge in [0.25, 0.3) is 15.9 Å². The SMILES string of the molecule is CCOc1ccc(NS(=O)(=O)c2ccc(NC(=S)NC(=O)COc3ccc(C)cc3)cc2)cc1. The zero-order valence-corrected chi connectivity index (χ0v) is 20.3. The van der Waals surface area contributed by atoms with Gasteiger partial charge in [-0.25, -0.2) is 8.42 Å². The standard InChI is InChI=1S/C24H25N3O5S2/c1-3-31-20-12-6-19(7-13-20)27-34(29,30)22-14-8-18(9-15-22)25-24(33)26-23(28)16-32-21-10-4-17(2)5-11-21/h4-15,27H,3,16H2,1-2H3,(H2,25,26,28,33). The maximum atomic E-state index is 12.6. The van der Waals surface area contributed by atoms with E-state index in [1.807, 2.05) is 26.0 Å². The van der Waals surface area contributed by atoms with Gasteiger partial charge in [0, 0.05) is 11.4 Å². The van der Waals surface area contributed by atoms with Crippen molar-refractivity contribution in [1.82, 2.24) is 5.32 Å². The summed E-state index contributed by atoms with van der Waals surface area (Å²) in [6, 6.07) is 19.9. The van der Waals surface area contributed by atoms with Crippen molar-refractivity contribution < 1.29 is 22.7 Å². The molecule has 3 rings (SSSR count). The van der Waals surface area contributed by atoms with Crippen molar-refractivity contribution >= 4 is 44.6 Å². The van der Waals surface area contributed by atoms with E-state index in [2.05, 4.69) is 15.4 Å². The molecule has 0 bridgehead atoms. The van der Waals surface area contributed by atoms with Gasteiger partial charge in [0.2, 0.25) is 0 Å². The average molecular weight is 500 g/mol. The maximum Gasteiger partial charge on any atom is 0.264 e. The molecule has 3 N–H and O–H groups in total. The molecule has 0 saturated heterocycles. The van der Waals surface area contributed by atoms with Gasteiger partial charge in [-0.15, -0.1) is 0 Å². The summed E-state index contributed by atoms with van der Waals surface area (Å²) in [5, 5.41) is 5.43. The molecule has 178 valence electrons. The van der Waals surface area contributed by atoms with E-state index in [4.69, 9.17) is 21.7 Å². The van der Waals surface area contributed by atoms with Crippen molar-refractivity contribution in [3.05, 3.63) is 78.4 Å². The lowest BCUT2D eigenvalue weighted by Crippen LogP contribution is -2.37. The number of thiocarbonyl (C=S) groups is 1. The third-order valence-corrected chi connectivity index (χ3v) is 6.09. The van der Waals surface area contributed by atoms with Gasteiger partial charge in [0.05, 0.1) is 11.5 Å². The van der Waals surface area contributed by atoms with Crippen LogP contribution in [0.1, 0.15) is 12.5 Å². The van der Waals surface area contributed by atoms with Gasteiger partial charge in [0.1, 0.15) is 11.5 Å². The Morgan fingerprint density at radius 1 is 0.853 bits per heavy atom. The lowest BCUT2D eigenvalue weighted by Gasteiger charge is -2.12. The number of benzene rings is 3. The lowest BCUT2D eigenvalue weighted by atomic mass is 10.2. The molecule has 0 unspecified atom stereocenters. The number of hydrogen-bond donors (Lipinski definition) is 3. The summed E-state index contributed by atoms with van der Waals surface area (Å²) in [5.74, 6) is 0.817. The number of amides is 1. The molecule has 10 heteroatoms. The highest BCUT2D eigenvalue weighted by Gasteiger charge is 2.14. The maximum absolute atomic E-state index is 12.6. The minimum atomic E-state index is -3.78. The van der Waals surface area contributed by atoms with Crippen molar-refractivity contribution in [3.63, 3.8) is 0 Å². The first-order chi connectivity index (χ1) is 16.2. The zero-order valence-electron chi connectivity index (χ0n) is 18.7. The smallest absolute Gasteiger partial charge is 0.264 e. The van der Waals surface area contributed by atoms with Crippen LogP contribution in [0.5, 0.6) is 11.5 Å². The molecule has 0 spiro atoms. The van der Waals surface area contributed by atoms with Crippen LogP contribution in [-0.4, -0.2) is 32.7 Å². The van der Waals surface area contributed by atoms with E-state index < -0.39 is 15.9 Å². The fourth-order valence-electron chi connectivity index (χ4n) is 2.83. The summed E-state index contributed by atoms with van der Waals surface area (Å²) in [6.07, 6.45) is 0. The predicted octanol–water partition coefficient (Wildman–Crippen LogP) is 4.09. The quantitative estimate of drug-likeness (QED) is 0.381. The van der Waals surface area contributed by atoms with E-state index >= 15 is 0 Å². The summed E-state index contributed by atoms with van der Waals surface area (Å²) >= 11 is 5.14.